The van der Waals surface area contributed by atoms with Crippen LogP contribution in [0.5, 0.6) is 5.75 Å². The highest BCUT2D eigenvalue weighted by Crippen LogP contribution is 2.44. The van der Waals surface area contributed by atoms with Crippen LogP contribution in [0.15, 0.2) is 65.7 Å². The van der Waals surface area contributed by atoms with Gasteiger partial charge < -0.3 is 4.74 Å². The van der Waals surface area contributed by atoms with E-state index in [2.05, 4.69) is 4.98 Å². The number of rotatable bonds is 6. The van der Waals surface area contributed by atoms with Crippen LogP contribution in [-0.2, 0) is 21.0 Å². The molecule has 0 atom stereocenters. The predicted octanol–water partition coefficient (Wildman–Crippen LogP) is 4.63. The van der Waals surface area contributed by atoms with Crippen LogP contribution in [0.2, 0.25) is 0 Å². The topological polar surface area (TPSA) is 85.4 Å². The molecule has 1 N–H and O–H groups in total. The summed E-state index contributed by atoms with van der Waals surface area (Å²) in [5.41, 5.74) is -1.13. The summed E-state index contributed by atoms with van der Waals surface area (Å²) in [7, 11) is -4.47. The second kappa shape index (κ2) is 8.39. The first-order valence-electron chi connectivity index (χ1n) is 10.1. The Hall–Kier alpha value is -3.47. The fourth-order valence-corrected chi connectivity index (χ4v) is 4.32. The third kappa shape index (κ3) is 4.89. The van der Waals surface area contributed by atoms with E-state index in [4.69, 9.17) is 4.74 Å². The Morgan fingerprint density at radius 1 is 1.06 bits per heavy atom. The summed E-state index contributed by atoms with van der Waals surface area (Å²) < 4.78 is 85.6. The van der Waals surface area contributed by atoms with Gasteiger partial charge in [-0.25, -0.2) is 9.71 Å². The van der Waals surface area contributed by atoms with E-state index in [1.54, 1.807) is 25.1 Å². The molecule has 178 valence electrons. The number of carbonyl (C=O) groups is 1. The van der Waals surface area contributed by atoms with Gasteiger partial charge >= 0.3 is 6.18 Å². The normalized spacial score (nSPS) is 15.0. The minimum absolute atomic E-state index is 0.133. The quantitative estimate of drug-likeness (QED) is 0.399. The number of hydrogen-bond donors (Lipinski definition) is 1. The van der Waals surface area contributed by atoms with Crippen molar-refractivity contribution in [2.45, 2.75) is 36.6 Å². The number of ether oxygens (including phenoxy) is 1. The second-order valence-electron chi connectivity index (χ2n) is 7.91. The van der Waals surface area contributed by atoms with Crippen LogP contribution >= 0.6 is 0 Å². The van der Waals surface area contributed by atoms with Crippen molar-refractivity contribution in [3.8, 4) is 16.9 Å². The van der Waals surface area contributed by atoms with Gasteiger partial charge in [-0.05, 0) is 48.4 Å². The van der Waals surface area contributed by atoms with E-state index in [1.165, 1.54) is 12.1 Å². The van der Waals surface area contributed by atoms with Crippen LogP contribution < -0.4 is 9.46 Å². The van der Waals surface area contributed by atoms with Gasteiger partial charge in [0.25, 0.3) is 15.9 Å². The number of sulfonamides is 1. The molecule has 3 aromatic rings. The lowest BCUT2D eigenvalue weighted by Gasteiger charge is -2.21. The number of benzene rings is 2. The zero-order valence-corrected chi connectivity index (χ0v) is 18.5. The summed E-state index contributed by atoms with van der Waals surface area (Å²) in [4.78, 5) is 16.1. The lowest BCUT2D eigenvalue weighted by Crippen LogP contribution is -2.43. The maximum Gasteiger partial charge on any atom is 0.416 e. The second-order valence-corrected chi connectivity index (χ2v) is 9.54. The number of amides is 1. The van der Waals surface area contributed by atoms with Crippen molar-refractivity contribution >= 4 is 15.9 Å². The first-order valence-corrected chi connectivity index (χ1v) is 11.6. The number of pyridine rings is 1. The van der Waals surface area contributed by atoms with Crippen molar-refractivity contribution in [2.24, 2.45) is 0 Å². The van der Waals surface area contributed by atoms with Gasteiger partial charge in [0.1, 0.15) is 5.75 Å². The highest BCUT2D eigenvalue weighted by atomic mass is 32.2. The lowest BCUT2D eigenvalue weighted by molar-refractivity contribution is -0.137. The standard InChI is InChI=1S/C23H18F4N2O4S/c1-14-8-9-17(15-4-2-5-16(13-15)23(25,26)27)18(12-14)33-22(10-11-22)21(30)29-34(31,32)20-7-3-6-19(24)28-20/h2-9,12-13H,10-11H2,1H3,(H,29,30). The molecule has 1 amide bonds. The maximum absolute atomic E-state index is 13.3. The van der Waals surface area contributed by atoms with E-state index in [0.717, 1.165) is 35.9 Å². The summed E-state index contributed by atoms with van der Waals surface area (Å²) in [6.45, 7) is 1.74. The minimum atomic E-state index is -4.54. The highest BCUT2D eigenvalue weighted by Gasteiger charge is 2.54. The molecule has 2 aromatic carbocycles. The molecule has 1 aliphatic rings. The van der Waals surface area contributed by atoms with Gasteiger partial charge in [0.15, 0.2) is 10.6 Å². The molecule has 0 bridgehead atoms. The van der Waals surface area contributed by atoms with Crippen molar-refractivity contribution in [3.05, 3.63) is 77.7 Å². The monoisotopic (exact) mass is 494 g/mol. The Morgan fingerprint density at radius 2 is 1.76 bits per heavy atom. The zero-order chi connectivity index (χ0) is 24.7. The number of alkyl halides is 3. The van der Waals surface area contributed by atoms with Gasteiger partial charge in [0.2, 0.25) is 5.95 Å². The Balaban J connectivity index is 1.63. The number of nitrogens with zero attached hydrogens (tertiary/aromatic N) is 1. The van der Waals surface area contributed by atoms with E-state index in [-0.39, 0.29) is 24.2 Å². The number of aromatic nitrogens is 1. The van der Waals surface area contributed by atoms with Crippen molar-refractivity contribution in [1.82, 2.24) is 9.71 Å². The average Bonchev–Trinajstić information content (AvgIpc) is 3.54. The molecular formula is C23H18F4N2O4S. The molecule has 0 saturated heterocycles. The maximum atomic E-state index is 13.3. The Labute approximate surface area is 192 Å². The Bertz CT molecular complexity index is 1370. The van der Waals surface area contributed by atoms with Crippen molar-refractivity contribution < 1.29 is 35.5 Å². The van der Waals surface area contributed by atoms with Crippen LogP contribution in [0.1, 0.15) is 24.0 Å². The van der Waals surface area contributed by atoms with E-state index < -0.39 is 44.2 Å². The van der Waals surface area contributed by atoms with E-state index in [0.29, 0.717) is 5.56 Å². The number of nitrogens with one attached hydrogen (secondary N) is 1. The molecule has 11 heteroatoms. The molecule has 4 rings (SSSR count). The predicted molar refractivity (Wildman–Crippen MR) is 114 cm³/mol. The SMILES string of the molecule is Cc1ccc(-c2cccc(C(F)(F)F)c2)c(OC2(C(=O)NS(=O)(=O)c3cccc(F)n3)CC2)c1. The molecule has 0 spiro atoms. The molecule has 1 aromatic heterocycles. The molecule has 1 aliphatic carbocycles. The van der Waals surface area contributed by atoms with Crippen molar-refractivity contribution in [1.29, 1.82) is 0 Å². The summed E-state index contributed by atoms with van der Waals surface area (Å²) in [6.07, 6.45) is -4.18. The number of aryl methyl sites for hydroxylation is 1. The first kappa shape index (κ1) is 23.7. The van der Waals surface area contributed by atoms with Gasteiger partial charge in [-0.3, -0.25) is 4.79 Å². The minimum Gasteiger partial charge on any atom is -0.477 e. The first-order chi connectivity index (χ1) is 15.9. The molecule has 1 heterocycles. The summed E-state index contributed by atoms with van der Waals surface area (Å²) in [6, 6.07) is 12.6. The summed E-state index contributed by atoms with van der Waals surface area (Å²) in [5, 5.41) is -0.670. The fourth-order valence-electron chi connectivity index (χ4n) is 3.32. The van der Waals surface area contributed by atoms with Crippen LogP contribution in [-0.4, -0.2) is 24.9 Å². The summed E-state index contributed by atoms with van der Waals surface area (Å²) in [5.74, 6) is -1.87. The van der Waals surface area contributed by atoms with Gasteiger partial charge in [-0.2, -0.15) is 26.0 Å². The largest absolute Gasteiger partial charge is 0.477 e. The molecule has 0 aliphatic heterocycles. The molecule has 1 saturated carbocycles. The van der Waals surface area contributed by atoms with E-state index in [9.17, 15) is 30.8 Å². The zero-order valence-electron chi connectivity index (χ0n) is 17.7. The van der Waals surface area contributed by atoms with Crippen LogP contribution in [0, 0.1) is 12.9 Å². The molecule has 34 heavy (non-hydrogen) atoms. The van der Waals surface area contributed by atoms with Crippen molar-refractivity contribution in [3.63, 3.8) is 0 Å². The fraction of sp³-hybridized carbons (Fsp3) is 0.217. The van der Waals surface area contributed by atoms with Gasteiger partial charge in [-0.15, -0.1) is 0 Å². The lowest BCUT2D eigenvalue weighted by atomic mass is 10.0. The van der Waals surface area contributed by atoms with Gasteiger partial charge in [0.05, 0.1) is 5.56 Å². The van der Waals surface area contributed by atoms with Gasteiger partial charge in [-0.1, -0.05) is 30.3 Å². The van der Waals surface area contributed by atoms with E-state index in [1.807, 2.05) is 4.72 Å². The number of carbonyl (C=O) groups excluding carboxylic acids is 1. The average molecular weight is 494 g/mol. The van der Waals surface area contributed by atoms with Crippen LogP contribution in [0.25, 0.3) is 11.1 Å². The van der Waals surface area contributed by atoms with Crippen molar-refractivity contribution in [2.75, 3.05) is 0 Å². The molecular weight excluding hydrogens is 476 g/mol. The number of hydrogen-bond acceptors (Lipinski definition) is 5. The smallest absolute Gasteiger partial charge is 0.416 e. The molecule has 1 fully saturated rings. The molecule has 0 unspecified atom stereocenters. The third-order valence-electron chi connectivity index (χ3n) is 5.25. The van der Waals surface area contributed by atoms with Gasteiger partial charge in [0, 0.05) is 18.4 Å². The highest BCUT2D eigenvalue weighted by molar-refractivity contribution is 7.90. The Kier molecular flexibility index (Phi) is 5.84. The van der Waals surface area contributed by atoms with Crippen LogP contribution in [0.3, 0.4) is 0 Å². The number of halogens is 4. The van der Waals surface area contributed by atoms with E-state index >= 15 is 0 Å². The molecule has 6 nitrogen and oxygen atoms in total. The summed E-state index contributed by atoms with van der Waals surface area (Å²) >= 11 is 0. The third-order valence-corrected chi connectivity index (χ3v) is 6.49. The Morgan fingerprint density at radius 3 is 2.41 bits per heavy atom. The molecule has 0 radical (unpaired) electrons. The van der Waals surface area contributed by atoms with Crippen LogP contribution in [0.4, 0.5) is 17.6 Å².